The van der Waals surface area contributed by atoms with E-state index in [1.807, 2.05) is 12.1 Å². The Bertz CT molecular complexity index is 1030. The van der Waals surface area contributed by atoms with Crippen molar-refractivity contribution in [3.05, 3.63) is 59.5 Å². The van der Waals surface area contributed by atoms with Gasteiger partial charge in [0.1, 0.15) is 12.6 Å². The van der Waals surface area contributed by atoms with Crippen LogP contribution in [-0.4, -0.2) is 54.3 Å². The number of ether oxygens (including phenoxy) is 1. The summed E-state index contributed by atoms with van der Waals surface area (Å²) in [5, 5.41) is 5.56. The van der Waals surface area contributed by atoms with Gasteiger partial charge in [0.15, 0.2) is 5.76 Å². The fourth-order valence-corrected chi connectivity index (χ4v) is 4.31. The largest absolute Gasteiger partial charge is 0.465 e. The smallest absolute Gasteiger partial charge is 0.325 e. The second kappa shape index (κ2) is 12.9. The van der Waals surface area contributed by atoms with Crippen LogP contribution >= 0.6 is 0 Å². The van der Waals surface area contributed by atoms with Gasteiger partial charge in [0, 0.05) is 6.04 Å². The van der Waals surface area contributed by atoms with Gasteiger partial charge in [-0.05, 0) is 48.9 Å². The average Bonchev–Trinajstić information content (AvgIpc) is 3.57. The minimum absolute atomic E-state index is 0.0214. The Hall–Kier alpha value is -3.62. The molecular formula is C27H35N3O6. The number of esters is 1. The highest BCUT2D eigenvalue weighted by Gasteiger charge is 2.35. The zero-order valence-electron chi connectivity index (χ0n) is 21.1. The van der Waals surface area contributed by atoms with Gasteiger partial charge in [-0.1, -0.05) is 51.0 Å². The number of carbonyl (C=O) groups is 4. The highest BCUT2D eigenvalue weighted by Crippen LogP contribution is 2.26. The molecule has 1 aliphatic carbocycles. The summed E-state index contributed by atoms with van der Waals surface area (Å²) in [7, 11) is 0. The van der Waals surface area contributed by atoms with Gasteiger partial charge in [-0.25, -0.2) is 0 Å². The number of amides is 3. The van der Waals surface area contributed by atoms with Crippen LogP contribution in [0.3, 0.4) is 0 Å². The Balaban J connectivity index is 1.89. The van der Waals surface area contributed by atoms with E-state index < -0.39 is 36.9 Å². The number of hydrogen-bond donors (Lipinski definition) is 2. The molecule has 1 saturated carbocycles. The van der Waals surface area contributed by atoms with Crippen LogP contribution in [-0.2, 0) is 19.1 Å². The number of rotatable bonds is 11. The highest BCUT2D eigenvalue weighted by atomic mass is 16.5. The molecule has 194 valence electrons. The van der Waals surface area contributed by atoms with E-state index in [-0.39, 0.29) is 24.3 Å². The Labute approximate surface area is 211 Å². The van der Waals surface area contributed by atoms with Gasteiger partial charge in [0.05, 0.1) is 19.4 Å². The van der Waals surface area contributed by atoms with Gasteiger partial charge in [-0.2, -0.15) is 0 Å². The molecule has 2 aromatic rings. The Morgan fingerprint density at radius 2 is 1.72 bits per heavy atom. The van der Waals surface area contributed by atoms with Crippen LogP contribution in [0.5, 0.6) is 0 Å². The SMILES string of the molecule is CCOC(=O)CN(C(=O)CNC(=O)c1ccco1)[C@@H](C(=O)NC1CCCC1)c1ccc(C(C)C)cc1. The van der Waals surface area contributed by atoms with E-state index >= 15 is 0 Å². The molecule has 0 spiro atoms. The maximum Gasteiger partial charge on any atom is 0.325 e. The molecule has 0 bridgehead atoms. The molecule has 9 nitrogen and oxygen atoms in total. The number of nitrogens with zero attached hydrogens (tertiary/aromatic N) is 1. The van der Waals surface area contributed by atoms with Crippen molar-refractivity contribution in [2.45, 2.75) is 64.5 Å². The molecule has 1 fully saturated rings. The van der Waals surface area contributed by atoms with Crippen molar-refractivity contribution < 1.29 is 28.3 Å². The number of carbonyl (C=O) groups excluding carboxylic acids is 4. The van der Waals surface area contributed by atoms with Crippen molar-refractivity contribution in [1.29, 1.82) is 0 Å². The third-order valence-corrected chi connectivity index (χ3v) is 6.25. The summed E-state index contributed by atoms with van der Waals surface area (Å²) in [5.41, 5.74) is 1.66. The van der Waals surface area contributed by atoms with Crippen LogP contribution in [0.4, 0.5) is 0 Å². The van der Waals surface area contributed by atoms with Gasteiger partial charge in [0.2, 0.25) is 11.8 Å². The number of benzene rings is 1. The lowest BCUT2D eigenvalue weighted by Gasteiger charge is -2.31. The van der Waals surface area contributed by atoms with Crippen LogP contribution < -0.4 is 10.6 Å². The van der Waals surface area contributed by atoms with Gasteiger partial charge >= 0.3 is 5.97 Å². The molecule has 9 heteroatoms. The summed E-state index contributed by atoms with van der Waals surface area (Å²) in [6.45, 7) is 5.09. The second-order valence-electron chi connectivity index (χ2n) is 9.20. The minimum Gasteiger partial charge on any atom is -0.465 e. The molecule has 36 heavy (non-hydrogen) atoms. The van der Waals surface area contributed by atoms with Crippen LogP contribution in [0.2, 0.25) is 0 Å². The summed E-state index contributed by atoms with van der Waals surface area (Å²) in [5.74, 6) is -1.83. The fourth-order valence-electron chi connectivity index (χ4n) is 4.31. The summed E-state index contributed by atoms with van der Waals surface area (Å²) in [6.07, 6.45) is 5.16. The molecule has 1 aromatic carbocycles. The molecular weight excluding hydrogens is 462 g/mol. The summed E-state index contributed by atoms with van der Waals surface area (Å²) in [6, 6.07) is 9.45. The van der Waals surface area contributed by atoms with E-state index in [1.165, 1.54) is 17.2 Å². The standard InChI is InChI=1S/C27H35N3O6/c1-4-35-24(32)17-30(23(31)16-28-26(33)22-10-7-15-36-22)25(27(34)29-21-8-5-6-9-21)20-13-11-19(12-14-20)18(2)3/h7,10-15,18,21,25H,4-6,8-9,16-17H2,1-3H3,(H,28,33)(H,29,34)/t25-/m1/s1. The van der Waals surface area contributed by atoms with Gasteiger partial charge in [-0.15, -0.1) is 0 Å². The zero-order valence-corrected chi connectivity index (χ0v) is 21.1. The van der Waals surface area contributed by atoms with Crippen LogP contribution in [0.1, 0.15) is 80.1 Å². The Morgan fingerprint density at radius 1 is 1.06 bits per heavy atom. The molecule has 0 aliphatic heterocycles. The summed E-state index contributed by atoms with van der Waals surface area (Å²) in [4.78, 5) is 52.9. The third kappa shape index (κ3) is 7.19. The molecule has 3 amide bonds. The van der Waals surface area contributed by atoms with E-state index in [4.69, 9.17) is 9.15 Å². The molecule has 3 rings (SSSR count). The first-order chi connectivity index (χ1) is 17.3. The molecule has 1 atom stereocenters. The number of hydrogen-bond acceptors (Lipinski definition) is 6. The average molecular weight is 498 g/mol. The lowest BCUT2D eigenvalue weighted by molar-refractivity contribution is -0.152. The Morgan fingerprint density at radius 3 is 2.31 bits per heavy atom. The lowest BCUT2D eigenvalue weighted by Crippen LogP contribution is -2.50. The molecule has 1 aliphatic rings. The summed E-state index contributed by atoms with van der Waals surface area (Å²) >= 11 is 0. The monoisotopic (exact) mass is 497 g/mol. The second-order valence-corrected chi connectivity index (χ2v) is 9.20. The van der Waals surface area contributed by atoms with E-state index in [0.717, 1.165) is 31.2 Å². The highest BCUT2D eigenvalue weighted by molar-refractivity contribution is 5.96. The first-order valence-electron chi connectivity index (χ1n) is 12.5. The van der Waals surface area contributed by atoms with Crippen molar-refractivity contribution in [3.8, 4) is 0 Å². The van der Waals surface area contributed by atoms with Gasteiger partial charge < -0.3 is 24.7 Å². The molecule has 0 radical (unpaired) electrons. The van der Waals surface area contributed by atoms with Crippen molar-refractivity contribution in [2.24, 2.45) is 0 Å². The van der Waals surface area contributed by atoms with Crippen LogP contribution in [0.25, 0.3) is 0 Å². The van der Waals surface area contributed by atoms with E-state index in [9.17, 15) is 19.2 Å². The van der Waals surface area contributed by atoms with Crippen LogP contribution in [0.15, 0.2) is 47.1 Å². The Kier molecular flexibility index (Phi) is 9.67. The number of nitrogens with one attached hydrogen (secondary N) is 2. The maximum atomic E-state index is 13.6. The van der Waals surface area contributed by atoms with Crippen molar-refractivity contribution in [3.63, 3.8) is 0 Å². The van der Waals surface area contributed by atoms with E-state index in [2.05, 4.69) is 24.5 Å². The molecule has 2 N–H and O–H groups in total. The topological polar surface area (TPSA) is 118 Å². The zero-order chi connectivity index (χ0) is 26.1. The lowest BCUT2D eigenvalue weighted by atomic mass is 9.97. The van der Waals surface area contributed by atoms with Gasteiger partial charge in [-0.3, -0.25) is 19.2 Å². The quantitative estimate of drug-likeness (QED) is 0.460. The van der Waals surface area contributed by atoms with Crippen LogP contribution in [0, 0.1) is 0 Å². The molecule has 0 saturated heterocycles. The first-order valence-corrected chi connectivity index (χ1v) is 12.5. The molecule has 1 heterocycles. The van der Waals surface area contributed by atoms with Crippen molar-refractivity contribution in [2.75, 3.05) is 19.7 Å². The van der Waals surface area contributed by atoms with E-state index in [1.54, 1.807) is 25.1 Å². The normalized spacial score (nSPS) is 14.3. The molecule has 1 aromatic heterocycles. The predicted molar refractivity (Wildman–Crippen MR) is 133 cm³/mol. The first kappa shape index (κ1) is 27.0. The fraction of sp³-hybridized carbons (Fsp3) is 0.481. The van der Waals surface area contributed by atoms with Gasteiger partial charge in [0.25, 0.3) is 5.91 Å². The third-order valence-electron chi connectivity index (χ3n) is 6.25. The predicted octanol–water partition coefficient (Wildman–Crippen LogP) is 3.32. The van der Waals surface area contributed by atoms with Crippen molar-refractivity contribution >= 4 is 23.7 Å². The number of furan rings is 1. The van der Waals surface area contributed by atoms with Crippen molar-refractivity contribution in [1.82, 2.24) is 15.5 Å². The van der Waals surface area contributed by atoms with E-state index in [0.29, 0.717) is 11.5 Å². The molecule has 0 unspecified atom stereocenters. The minimum atomic E-state index is -1.07. The maximum absolute atomic E-state index is 13.6. The summed E-state index contributed by atoms with van der Waals surface area (Å²) < 4.78 is 10.2.